The van der Waals surface area contributed by atoms with Gasteiger partial charge >= 0.3 is 6.18 Å². The fraction of sp³-hybridized carbons (Fsp3) is 0.423. The first kappa shape index (κ1) is 24.6. The molecule has 0 saturated carbocycles. The van der Waals surface area contributed by atoms with E-state index in [0.29, 0.717) is 23.1 Å². The Morgan fingerprint density at radius 2 is 1.89 bits per heavy atom. The predicted molar refractivity (Wildman–Crippen MR) is 130 cm³/mol. The van der Waals surface area contributed by atoms with Gasteiger partial charge in [0.1, 0.15) is 18.4 Å². The zero-order valence-corrected chi connectivity index (χ0v) is 20.1. The number of halogens is 4. The molecule has 0 aliphatic carbocycles. The van der Waals surface area contributed by atoms with Gasteiger partial charge < -0.3 is 5.73 Å². The van der Waals surface area contributed by atoms with Crippen LogP contribution in [0.3, 0.4) is 0 Å². The van der Waals surface area contributed by atoms with Crippen LogP contribution in [0.5, 0.6) is 0 Å². The number of fused-ring (bicyclic) bond motifs is 2. The zero-order valence-electron chi connectivity index (χ0n) is 20.1. The van der Waals surface area contributed by atoms with E-state index in [2.05, 4.69) is 24.0 Å². The number of rotatable bonds is 6. The number of benzene rings is 1. The van der Waals surface area contributed by atoms with E-state index in [1.807, 2.05) is 24.3 Å². The van der Waals surface area contributed by atoms with E-state index >= 15 is 0 Å². The first-order valence-electron chi connectivity index (χ1n) is 12.0. The molecule has 0 unspecified atom stereocenters. The van der Waals surface area contributed by atoms with E-state index in [9.17, 15) is 17.6 Å². The standard InChI is InChI=1S/C26H28F4N6/c1-16(2)12-18-5-3-4-17-6-8-20(32-22(17)18)24-34-33-21-9-7-19(13-36(21)24)23(26(28,29)30)35-11-10-25(31,14-27)15-35/h3-9,13,16,23H,10-12,14-15,31H2,1-2H3/t23-,25-/m1/s1. The monoisotopic (exact) mass is 500 g/mol. The number of pyridine rings is 2. The second-order valence-corrected chi connectivity index (χ2v) is 10.2. The third-order valence-electron chi connectivity index (χ3n) is 6.76. The summed E-state index contributed by atoms with van der Waals surface area (Å²) in [6.07, 6.45) is -2.16. The second-order valence-electron chi connectivity index (χ2n) is 10.2. The van der Waals surface area contributed by atoms with E-state index in [4.69, 9.17) is 10.7 Å². The van der Waals surface area contributed by atoms with Gasteiger partial charge in [0.05, 0.1) is 11.1 Å². The van der Waals surface area contributed by atoms with Crippen molar-refractivity contribution in [3.05, 3.63) is 59.8 Å². The van der Waals surface area contributed by atoms with Crippen molar-refractivity contribution in [1.29, 1.82) is 0 Å². The number of aromatic nitrogens is 4. The van der Waals surface area contributed by atoms with Crippen molar-refractivity contribution in [2.75, 3.05) is 19.8 Å². The van der Waals surface area contributed by atoms with Crippen LogP contribution in [0.15, 0.2) is 48.7 Å². The van der Waals surface area contributed by atoms with Crippen molar-refractivity contribution in [3.63, 3.8) is 0 Å². The van der Waals surface area contributed by atoms with Gasteiger partial charge in [-0.2, -0.15) is 13.2 Å². The van der Waals surface area contributed by atoms with Crippen LogP contribution in [0.4, 0.5) is 17.6 Å². The summed E-state index contributed by atoms with van der Waals surface area (Å²) in [4.78, 5) is 6.04. The van der Waals surface area contributed by atoms with E-state index in [-0.39, 0.29) is 25.1 Å². The summed E-state index contributed by atoms with van der Waals surface area (Å²) in [5, 5.41) is 9.38. The van der Waals surface area contributed by atoms with E-state index < -0.39 is 24.4 Å². The van der Waals surface area contributed by atoms with E-state index in [1.54, 1.807) is 6.07 Å². The van der Waals surface area contributed by atoms with Crippen LogP contribution in [0.2, 0.25) is 0 Å². The molecule has 0 spiro atoms. The lowest BCUT2D eigenvalue weighted by molar-refractivity contribution is -0.184. The highest BCUT2D eigenvalue weighted by Gasteiger charge is 2.49. The SMILES string of the molecule is CC(C)Cc1cccc2ccc(-c3nnc4ccc([C@@H](N5CC[C@@](N)(CF)C5)C(F)(F)F)cn34)nc12. The quantitative estimate of drug-likeness (QED) is 0.372. The summed E-state index contributed by atoms with van der Waals surface area (Å²) >= 11 is 0. The number of nitrogens with zero attached hydrogens (tertiary/aromatic N) is 5. The molecule has 1 aromatic carbocycles. The Bertz CT molecular complexity index is 1400. The first-order chi connectivity index (χ1) is 17.1. The summed E-state index contributed by atoms with van der Waals surface area (Å²) in [6, 6.07) is 10.7. The minimum atomic E-state index is -4.57. The van der Waals surface area contributed by atoms with Gasteiger partial charge in [0.2, 0.25) is 0 Å². The number of likely N-dealkylation sites (tertiary alicyclic amines) is 1. The number of hydrogen-bond acceptors (Lipinski definition) is 5. The molecule has 1 aliphatic heterocycles. The Hall–Kier alpha value is -3.11. The molecule has 4 heterocycles. The number of para-hydroxylation sites is 1. The largest absolute Gasteiger partial charge is 0.408 e. The second kappa shape index (κ2) is 9.08. The molecule has 0 bridgehead atoms. The highest BCUT2D eigenvalue weighted by atomic mass is 19.4. The van der Waals surface area contributed by atoms with Gasteiger partial charge in [0.15, 0.2) is 11.5 Å². The van der Waals surface area contributed by atoms with Crippen LogP contribution in [0.1, 0.15) is 37.4 Å². The lowest BCUT2D eigenvalue weighted by Crippen LogP contribution is -2.47. The summed E-state index contributed by atoms with van der Waals surface area (Å²) in [5.41, 5.74) is 7.57. The highest BCUT2D eigenvalue weighted by molar-refractivity contribution is 5.84. The Morgan fingerprint density at radius 3 is 2.58 bits per heavy atom. The summed E-state index contributed by atoms with van der Waals surface area (Å²) < 4.78 is 57.7. The molecule has 3 aromatic heterocycles. The van der Waals surface area contributed by atoms with Crippen LogP contribution in [0.25, 0.3) is 28.1 Å². The molecular formula is C26H28F4N6. The molecule has 2 N–H and O–H groups in total. The number of alkyl halides is 4. The zero-order chi connectivity index (χ0) is 25.7. The molecule has 190 valence electrons. The molecule has 1 saturated heterocycles. The molecule has 1 fully saturated rings. The number of hydrogen-bond donors (Lipinski definition) is 1. The third-order valence-corrected chi connectivity index (χ3v) is 6.76. The van der Waals surface area contributed by atoms with Crippen LogP contribution in [-0.2, 0) is 6.42 Å². The maximum absolute atomic E-state index is 14.3. The van der Waals surface area contributed by atoms with Gasteiger partial charge in [-0.25, -0.2) is 9.37 Å². The van der Waals surface area contributed by atoms with Crippen LogP contribution in [-0.4, -0.2) is 56.0 Å². The Morgan fingerprint density at radius 1 is 1.08 bits per heavy atom. The molecular weight excluding hydrogens is 472 g/mol. The average molecular weight is 501 g/mol. The molecule has 6 nitrogen and oxygen atoms in total. The fourth-order valence-electron chi connectivity index (χ4n) is 5.05. The van der Waals surface area contributed by atoms with Crippen molar-refractivity contribution in [2.24, 2.45) is 11.7 Å². The maximum atomic E-state index is 14.3. The Kier molecular flexibility index (Phi) is 6.20. The van der Waals surface area contributed by atoms with Gasteiger partial charge in [-0.05, 0) is 42.0 Å². The van der Waals surface area contributed by atoms with Gasteiger partial charge in [0.25, 0.3) is 0 Å². The van der Waals surface area contributed by atoms with Crippen LogP contribution >= 0.6 is 0 Å². The lowest BCUT2D eigenvalue weighted by Gasteiger charge is -2.31. The van der Waals surface area contributed by atoms with Crippen molar-refractivity contribution in [2.45, 2.75) is 44.4 Å². The lowest BCUT2D eigenvalue weighted by atomic mass is 10.00. The summed E-state index contributed by atoms with van der Waals surface area (Å²) in [5.74, 6) is 0.791. The molecule has 2 atom stereocenters. The van der Waals surface area contributed by atoms with Crippen molar-refractivity contribution in [1.82, 2.24) is 24.5 Å². The topological polar surface area (TPSA) is 72.3 Å². The van der Waals surface area contributed by atoms with Gasteiger partial charge in [-0.3, -0.25) is 9.30 Å². The van der Waals surface area contributed by atoms with Gasteiger partial charge in [0, 0.05) is 24.7 Å². The van der Waals surface area contributed by atoms with Gasteiger partial charge in [-0.15, -0.1) is 10.2 Å². The molecule has 0 radical (unpaired) electrons. The Balaban J connectivity index is 1.58. The summed E-state index contributed by atoms with van der Waals surface area (Å²) in [7, 11) is 0. The van der Waals surface area contributed by atoms with Crippen molar-refractivity contribution in [3.8, 4) is 11.5 Å². The van der Waals surface area contributed by atoms with Crippen molar-refractivity contribution >= 4 is 16.6 Å². The van der Waals surface area contributed by atoms with Crippen molar-refractivity contribution < 1.29 is 17.6 Å². The smallest absolute Gasteiger partial charge is 0.322 e. The summed E-state index contributed by atoms with van der Waals surface area (Å²) in [6.45, 7) is 3.29. The molecule has 36 heavy (non-hydrogen) atoms. The molecule has 0 amide bonds. The number of nitrogens with two attached hydrogens (primary N) is 1. The third kappa shape index (κ3) is 4.55. The maximum Gasteiger partial charge on any atom is 0.408 e. The van der Waals surface area contributed by atoms with Gasteiger partial charge in [-0.1, -0.05) is 44.2 Å². The van der Waals surface area contributed by atoms with Crippen LogP contribution < -0.4 is 5.73 Å². The minimum Gasteiger partial charge on any atom is -0.322 e. The molecule has 10 heteroatoms. The van der Waals surface area contributed by atoms with E-state index in [0.717, 1.165) is 22.9 Å². The predicted octanol–water partition coefficient (Wildman–Crippen LogP) is 5.12. The highest BCUT2D eigenvalue weighted by Crippen LogP contribution is 2.41. The molecule has 1 aliphatic rings. The molecule has 5 rings (SSSR count). The Labute approximate surface area is 206 Å². The fourth-order valence-corrected chi connectivity index (χ4v) is 5.05. The van der Waals surface area contributed by atoms with E-state index in [1.165, 1.54) is 27.6 Å². The van der Waals surface area contributed by atoms with Crippen LogP contribution in [0, 0.1) is 5.92 Å². The minimum absolute atomic E-state index is 0.0143. The normalized spacial score (nSPS) is 20.1. The molecule has 4 aromatic rings. The average Bonchev–Trinajstić information content (AvgIpc) is 3.42. The first-order valence-corrected chi connectivity index (χ1v) is 12.0.